The fourth-order valence-corrected chi connectivity index (χ4v) is 2.36. The van der Waals surface area contributed by atoms with Crippen LogP contribution in [0.5, 0.6) is 0 Å². The van der Waals surface area contributed by atoms with Crippen molar-refractivity contribution in [2.45, 2.75) is 18.9 Å². The number of amides is 1. The van der Waals surface area contributed by atoms with Gasteiger partial charge in [0.15, 0.2) is 0 Å². The first-order chi connectivity index (χ1) is 8.33. The average molecular weight is 232 g/mol. The summed E-state index contributed by atoms with van der Waals surface area (Å²) in [6.07, 6.45) is 1.92. The third-order valence-corrected chi connectivity index (χ3v) is 3.34. The van der Waals surface area contributed by atoms with Crippen LogP contribution in [0.2, 0.25) is 0 Å². The van der Waals surface area contributed by atoms with Gasteiger partial charge in [-0.3, -0.25) is 4.79 Å². The molecular weight excluding hydrogens is 216 g/mol. The summed E-state index contributed by atoms with van der Waals surface area (Å²) < 4.78 is 5.24. The second-order valence-electron chi connectivity index (χ2n) is 4.58. The van der Waals surface area contributed by atoms with Gasteiger partial charge in [-0.2, -0.15) is 0 Å². The van der Waals surface area contributed by atoms with E-state index < -0.39 is 0 Å². The highest BCUT2D eigenvalue weighted by atomic mass is 16.5. The smallest absolute Gasteiger partial charge is 0.251 e. The molecule has 2 aliphatic rings. The first-order valence-electron chi connectivity index (χ1n) is 6.08. The van der Waals surface area contributed by atoms with E-state index in [9.17, 15) is 4.79 Å². The Hall–Kier alpha value is -1.55. The molecule has 2 N–H and O–H groups in total. The molecule has 1 aromatic carbocycles. The Morgan fingerprint density at radius 3 is 3.24 bits per heavy atom. The molecule has 0 radical (unpaired) electrons. The number of ether oxygens (including phenoxy) is 1. The molecule has 1 aromatic rings. The van der Waals surface area contributed by atoms with E-state index in [4.69, 9.17) is 4.74 Å². The number of fused-ring (bicyclic) bond motifs is 1. The normalized spacial score (nSPS) is 22.0. The number of carbonyl (C=O) groups is 1. The molecule has 4 nitrogen and oxygen atoms in total. The minimum absolute atomic E-state index is 0.00944. The van der Waals surface area contributed by atoms with Crippen molar-refractivity contribution in [3.05, 3.63) is 29.3 Å². The molecule has 17 heavy (non-hydrogen) atoms. The van der Waals surface area contributed by atoms with Crippen molar-refractivity contribution in [2.75, 3.05) is 25.1 Å². The third kappa shape index (κ3) is 2.13. The highest BCUT2D eigenvalue weighted by Crippen LogP contribution is 2.23. The van der Waals surface area contributed by atoms with Gasteiger partial charge < -0.3 is 15.4 Å². The molecule has 2 aliphatic heterocycles. The van der Waals surface area contributed by atoms with Crippen LogP contribution in [0.25, 0.3) is 0 Å². The van der Waals surface area contributed by atoms with E-state index in [0.717, 1.165) is 37.2 Å². The van der Waals surface area contributed by atoms with Gasteiger partial charge in [-0.05, 0) is 36.6 Å². The molecule has 1 fully saturated rings. The van der Waals surface area contributed by atoms with Crippen LogP contribution in [-0.2, 0) is 11.2 Å². The van der Waals surface area contributed by atoms with Crippen molar-refractivity contribution >= 4 is 11.6 Å². The maximum absolute atomic E-state index is 12.0. The zero-order valence-corrected chi connectivity index (χ0v) is 9.66. The van der Waals surface area contributed by atoms with Crippen molar-refractivity contribution in [1.29, 1.82) is 0 Å². The molecule has 90 valence electrons. The van der Waals surface area contributed by atoms with E-state index in [0.29, 0.717) is 6.61 Å². The number of rotatable bonds is 2. The second-order valence-corrected chi connectivity index (χ2v) is 4.58. The van der Waals surface area contributed by atoms with Gasteiger partial charge in [0, 0.05) is 24.4 Å². The lowest BCUT2D eigenvalue weighted by Crippen LogP contribution is -2.35. The average Bonchev–Trinajstić information content (AvgIpc) is 2.97. The van der Waals surface area contributed by atoms with E-state index in [2.05, 4.69) is 10.6 Å². The van der Waals surface area contributed by atoms with Gasteiger partial charge >= 0.3 is 0 Å². The van der Waals surface area contributed by atoms with Gasteiger partial charge in [0.2, 0.25) is 0 Å². The van der Waals surface area contributed by atoms with Crippen LogP contribution in [0.3, 0.4) is 0 Å². The Morgan fingerprint density at radius 1 is 1.47 bits per heavy atom. The summed E-state index contributed by atoms with van der Waals surface area (Å²) in [5, 5.41) is 6.29. The predicted octanol–water partition coefficient (Wildman–Crippen LogP) is 1.17. The molecule has 0 saturated carbocycles. The van der Waals surface area contributed by atoms with Crippen LogP contribution in [0.15, 0.2) is 18.2 Å². The fourth-order valence-electron chi connectivity index (χ4n) is 2.36. The van der Waals surface area contributed by atoms with Crippen LogP contribution in [0, 0.1) is 0 Å². The summed E-state index contributed by atoms with van der Waals surface area (Å²) in [5.74, 6) is 0.00944. The SMILES string of the molecule is O=C(NC1CCOC1)c1ccc2c(c1)CCN2. The third-order valence-electron chi connectivity index (χ3n) is 3.34. The minimum Gasteiger partial charge on any atom is -0.384 e. The van der Waals surface area contributed by atoms with E-state index in [-0.39, 0.29) is 11.9 Å². The highest BCUT2D eigenvalue weighted by molar-refractivity contribution is 5.95. The Labute approximate surface area is 100 Å². The van der Waals surface area contributed by atoms with Crippen LogP contribution >= 0.6 is 0 Å². The summed E-state index contributed by atoms with van der Waals surface area (Å²) in [5.41, 5.74) is 3.14. The van der Waals surface area contributed by atoms with E-state index in [1.54, 1.807) is 0 Å². The number of nitrogens with one attached hydrogen (secondary N) is 2. The Morgan fingerprint density at radius 2 is 2.41 bits per heavy atom. The molecule has 1 unspecified atom stereocenters. The van der Waals surface area contributed by atoms with Crippen LogP contribution in [-0.4, -0.2) is 31.7 Å². The van der Waals surface area contributed by atoms with Gasteiger partial charge in [0.05, 0.1) is 12.6 Å². The molecule has 4 heteroatoms. The predicted molar refractivity (Wildman–Crippen MR) is 65.3 cm³/mol. The monoisotopic (exact) mass is 232 g/mol. The lowest BCUT2D eigenvalue weighted by Gasteiger charge is -2.11. The molecule has 0 aliphatic carbocycles. The summed E-state index contributed by atoms with van der Waals surface area (Å²) in [6.45, 7) is 2.36. The van der Waals surface area contributed by atoms with Gasteiger partial charge in [-0.15, -0.1) is 0 Å². The molecule has 1 amide bonds. The van der Waals surface area contributed by atoms with Crippen LogP contribution < -0.4 is 10.6 Å². The molecule has 1 saturated heterocycles. The highest BCUT2D eigenvalue weighted by Gasteiger charge is 2.19. The lowest BCUT2D eigenvalue weighted by atomic mass is 10.1. The summed E-state index contributed by atoms with van der Waals surface area (Å²) in [6, 6.07) is 6.03. The minimum atomic E-state index is 0.00944. The number of hydrogen-bond donors (Lipinski definition) is 2. The Bertz CT molecular complexity index is 439. The van der Waals surface area contributed by atoms with Gasteiger partial charge in [0.1, 0.15) is 0 Å². The number of carbonyl (C=O) groups excluding carboxylic acids is 1. The Kier molecular flexibility index (Phi) is 2.73. The molecule has 0 bridgehead atoms. The first kappa shape index (κ1) is 10.6. The topological polar surface area (TPSA) is 50.4 Å². The van der Waals surface area contributed by atoms with Crippen molar-refractivity contribution in [1.82, 2.24) is 5.32 Å². The van der Waals surface area contributed by atoms with E-state index in [1.807, 2.05) is 18.2 Å². The molecule has 1 atom stereocenters. The zero-order valence-electron chi connectivity index (χ0n) is 9.66. The summed E-state index contributed by atoms with van der Waals surface area (Å²) >= 11 is 0. The van der Waals surface area contributed by atoms with Gasteiger partial charge in [0.25, 0.3) is 5.91 Å². The molecule has 3 rings (SSSR count). The zero-order chi connectivity index (χ0) is 11.7. The van der Waals surface area contributed by atoms with Gasteiger partial charge in [-0.25, -0.2) is 0 Å². The summed E-state index contributed by atoms with van der Waals surface area (Å²) in [4.78, 5) is 12.0. The largest absolute Gasteiger partial charge is 0.384 e. The maximum Gasteiger partial charge on any atom is 0.251 e. The number of hydrogen-bond acceptors (Lipinski definition) is 3. The van der Waals surface area contributed by atoms with E-state index >= 15 is 0 Å². The van der Waals surface area contributed by atoms with E-state index in [1.165, 1.54) is 5.56 Å². The molecule has 2 heterocycles. The van der Waals surface area contributed by atoms with Crippen molar-refractivity contribution in [3.8, 4) is 0 Å². The standard InChI is InChI=1S/C13H16N2O2/c16-13(15-11-4-6-17-8-11)10-1-2-12-9(7-10)3-5-14-12/h1-2,7,11,14H,3-6,8H2,(H,15,16). The van der Waals surface area contributed by atoms with Crippen LogP contribution in [0.4, 0.5) is 5.69 Å². The Balaban J connectivity index is 1.72. The lowest BCUT2D eigenvalue weighted by molar-refractivity contribution is 0.0930. The number of anilines is 1. The summed E-state index contributed by atoms with van der Waals surface area (Å²) in [7, 11) is 0. The molecule has 0 aromatic heterocycles. The second kappa shape index (κ2) is 4.37. The van der Waals surface area contributed by atoms with Gasteiger partial charge in [-0.1, -0.05) is 0 Å². The fraction of sp³-hybridized carbons (Fsp3) is 0.462. The molecule has 0 spiro atoms. The number of benzene rings is 1. The van der Waals surface area contributed by atoms with Crippen LogP contribution in [0.1, 0.15) is 22.3 Å². The quantitative estimate of drug-likeness (QED) is 0.805. The van der Waals surface area contributed by atoms with Crippen molar-refractivity contribution in [3.63, 3.8) is 0 Å². The van der Waals surface area contributed by atoms with Crippen molar-refractivity contribution < 1.29 is 9.53 Å². The van der Waals surface area contributed by atoms with Crippen molar-refractivity contribution in [2.24, 2.45) is 0 Å². The first-order valence-corrected chi connectivity index (χ1v) is 6.08. The maximum atomic E-state index is 12.0. The molecular formula is C13H16N2O2.